The highest BCUT2D eigenvalue weighted by Crippen LogP contribution is 2.65. The second-order valence-electron chi connectivity index (χ2n) is 13.3. The van der Waals surface area contributed by atoms with E-state index in [0.29, 0.717) is 31.4 Å². The number of aliphatic hydroxyl groups is 1. The lowest BCUT2D eigenvalue weighted by Gasteiger charge is -2.39. The van der Waals surface area contributed by atoms with Gasteiger partial charge < -0.3 is 24.4 Å². The molecule has 1 spiro atoms. The fourth-order valence-corrected chi connectivity index (χ4v) is 8.28. The summed E-state index contributed by atoms with van der Waals surface area (Å²) in [6.07, 6.45) is 5.50. The van der Waals surface area contributed by atoms with Crippen molar-refractivity contribution in [3.63, 3.8) is 0 Å². The topological polar surface area (TPSA) is 96.4 Å². The maximum atomic E-state index is 15.2. The van der Waals surface area contributed by atoms with Crippen LogP contribution in [0.4, 0.5) is 5.69 Å². The molecular formula is C39H44N2O6. The largest absolute Gasteiger partial charge is 0.465 e. The summed E-state index contributed by atoms with van der Waals surface area (Å²) in [5.41, 5.74) is -0.704. The lowest BCUT2D eigenvalue weighted by atomic mass is 9.62. The molecule has 3 aliphatic rings. The van der Waals surface area contributed by atoms with E-state index in [1.165, 1.54) is 4.90 Å². The van der Waals surface area contributed by atoms with Gasteiger partial charge in [0.25, 0.3) is 5.91 Å². The zero-order chi connectivity index (χ0) is 33.3. The molecule has 1 N–H and O–H groups in total. The van der Waals surface area contributed by atoms with Crippen LogP contribution in [0, 0.1) is 17.8 Å². The van der Waals surface area contributed by atoms with Crippen molar-refractivity contribution in [3.05, 3.63) is 104 Å². The summed E-state index contributed by atoms with van der Waals surface area (Å²) in [6.45, 7) is 11.6. The monoisotopic (exact) mass is 636 g/mol. The van der Waals surface area contributed by atoms with Gasteiger partial charge in [0.2, 0.25) is 5.91 Å². The molecule has 3 heterocycles. The number of ether oxygens (including phenoxy) is 2. The van der Waals surface area contributed by atoms with Crippen LogP contribution in [0.5, 0.6) is 0 Å². The highest BCUT2D eigenvalue weighted by molar-refractivity contribution is 6.06. The Bertz CT molecular complexity index is 1670. The van der Waals surface area contributed by atoms with E-state index in [1.54, 1.807) is 17.1 Å². The standard InChI is InChI=1S/C39H44N2O6/c1-5-7-13-21-46-37(45)33-32-35(43)41(31(25-42)22-27-14-9-8-10-15-27)34(39(32)24-26(3)38(33,4)47-39)36(44)40(20-6-2)30-19-18-28-16-11-12-17-29(28)23-30/h5-6,8-12,14-19,23,26,31-34,42H,1-2,7,13,20-22,24-25H2,3-4H3/t26?,31-,32+,33+,34?,38-,39?/m1/s1. The summed E-state index contributed by atoms with van der Waals surface area (Å²) < 4.78 is 12.7. The second kappa shape index (κ2) is 13.1. The average molecular weight is 637 g/mol. The Balaban J connectivity index is 1.45. The number of carbonyl (C=O) groups is 3. The van der Waals surface area contributed by atoms with Crippen LogP contribution in [0.15, 0.2) is 98.1 Å². The van der Waals surface area contributed by atoms with Crippen LogP contribution in [0.3, 0.4) is 0 Å². The minimum atomic E-state index is -1.28. The number of nitrogens with zero attached hydrogens (tertiary/aromatic N) is 2. The van der Waals surface area contributed by atoms with Gasteiger partial charge in [-0.2, -0.15) is 0 Å². The summed E-state index contributed by atoms with van der Waals surface area (Å²) in [4.78, 5) is 47.0. The maximum Gasteiger partial charge on any atom is 0.312 e. The number of allylic oxidation sites excluding steroid dienone is 1. The molecule has 3 aliphatic heterocycles. The minimum absolute atomic E-state index is 0.136. The number of hydrogen-bond acceptors (Lipinski definition) is 6. The average Bonchev–Trinajstić information content (AvgIpc) is 3.60. The minimum Gasteiger partial charge on any atom is -0.465 e. The van der Waals surface area contributed by atoms with E-state index >= 15 is 4.79 Å². The Morgan fingerprint density at radius 2 is 1.81 bits per heavy atom. The van der Waals surface area contributed by atoms with E-state index in [4.69, 9.17) is 9.47 Å². The zero-order valence-corrected chi connectivity index (χ0v) is 27.2. The number of aliphatic hydroxyl groups excluding tert-OH is 1. The molecule has 0 aliphatic carbocycles. The van der Waals surface area contributed by atoms with Crippen molar-refractivity contribution in [1.82, 2.24) is 4.90 Å². The van der Waals surface area contributed by atoms with Crippen molar-refractivity contribution in [2.75, 3.05) is 24.7 Å². The molecule has 2 bridgehead atoms. The van der Waals surface area contributed by atoms with Gasteiger partial charge in [0.15, 0.2) is 0 Å². The van der Waals surface area contributed by atoms with E-state index in [1.807, 2.05) is 86.6 Å². The number of hydrogen-bond donors (Lipinski definition) is 1. The van der Waals surface area contributed by atoms with Crippen molar-refractivity contribution >= 4 is 34.2 Å². The number of amides is 2. The molecule has 0 radical (unpaired) electrons. The molecule has 0 saturated carbocycles. The lowest BCUT2D eigenvalue weighted by Crippen LogP contribution is -2.59. The molecule has 8 nitrogen and oxygen atoms in total. The molecule has 0 aromatic heterocycles. The third-order valence-corrected chi connectivity index (χ3v) is 10.6. The van der Waals surface area contributed by atoms with Crippen molar-refractivity contribution < 1.29 is 29.0 Å². The van der Waals surface area contributed by atoms with E-state index in [2.05, 4.69) is 13.2 Å². The van der Waals surface area contributed by atoms with Crippen LogP contribution in [0.2, 0.25) is 0 Å². The number of likely N-dealkylation sites (tertiary alicyclic amines) is 1. The summed E-state index contributed by atoms with van der Waals surface area (Å²) in [5, 5.41) is 12.8. The molecule has 3 unspecified atom stereocenters. The first-order valence-electron chi connectivity index (χ1n) is 16.6. The van der Waals surface area contributed by atoms with E-state index < -0.39 is 41.1 Å². The molecule has 3 aromatic rings. The van der Waals surface area contributed by atoms with Gasteiger partial charge in [-0.25, -0.2) is 0 Å². The van der Waals surface area contributed by atoms with Gasteiger partial charge in [0.05, 0.1) is 30.8 Å². The fraction of sp³-hybridized carbons (Fsp3) is 0.410. The Kier molecular flexibility index (Phi) is 9.09. The molecule has 3 aromatic carbocycles. The summed E-state index contributed by atoms with van der Waals surface area (Å²) in [5.74, 6) is -3.15. The van der Waals surface area contributed by atoms with E-state index in [9.17, 15) is 14.7 Å². The fourth-order valence-electron chi connectivity index (χ4n) is 8.28. The predicted molar refractivity (Wildman–Crippen MR) is 182 cm³/mol. The number of benzene rings is 3. The van der Waals surface area contributed by atoms with Crippen LogP contribution in [0.25, 0.3) is 10.8 Å². The smallest absolute Gasteiger partial charge is 0.312 e. The predicted octanol–water partition coefficient (Wildman–Crippen LogP) is 5.48. The second-order valence-corrected chi connectivity index (χ2v) is 13.3. The van der Waals surface area contributed by atoms with Crippen LogP contribution in [-0.4, -0.2) is 70.8 Å². The highest BCUT2D eigenvalue weighted by atomic mass is 16.6. The number of rotatable bonds is 13. The van der Waals surface area contributed by atoms with Crippen LogP contribution < -0.4 is 4.90 Å². The third-order valence-electron chi connectivity index (χ3n) is 10.6. The van der Waals surface area contributed by atoms with E-state index in [0.717, 1.165) is 16.3 Å². The van der Waals surface area contributed by atoms with Crippen molar-refractivity contribution in [1.29, 1.82) is 0 Å². The van der Waals surface area contributed by atoms with Gasteiger partial charge in [0.1, 0.15) is 17.6 Å². The normalized spacial score (nSPS) is 28.2. The van der Waals surface area contributed by atoms with Crippen LogP contribution in [-0.2, 0) is 30.3 Å². The van der Waals surface area contributed by atoms with Gasteiger partial charge >= 0.3 is 5.97 Å². The first-order valence-corrected chi connectivity index (χ1v) is 16.6. The molecule has 47 heavy (non-hydrogen) atoms. The van der Waals surface area contributed by atoms with Gasteiger partial charge in [-0.3, -0.25) is 14.4 Å². The molecule has 6 rings (SSSR count). The quantitative estimate of drug-likeness (QED) is 0.152. The number of fused-ring (bicyclic) bond motifs is 2. The molecule has 7 atom stereocenters. The number of carbonyl (C=O) groups excluding carboxylic acids is 3. The van der Waals surface area contributed by atoms with Gasteiger partial charge in [-0.1, -0.05) is 79.7 Å². The number of unbranched alkanes of at least 4 members (excludes halogenated alkanes) is 1. The third kappa shape index (κ3) is 5.47. The molecule has 3 fully saturated rings. The highest BCUT2D eigenvalue weighted by Gasteiger charge is 2.80. The Morgan fingerprint density at radius 3 is 2.51 bits per heavy atom. The Labute approximate surface area is 276 Å². The first kappa shape index (κ1) is 32.7. The number of anilines is 1. The van der Waals surface area contributed by atoms with Crippen molar-refractivity contribution in [2.24, 2.45) is 17.8 Å². The van der Waals surface area contributed by atoms with Crippen molar-refractivity contribution in [2.45, 2.75) is 62.8 Å². The lowest BCUT2D eigenvalue weighted by molar-refractivity contribution is -0.162. The zero-order valence-electron chi connectivity index (χ0n) is 27.2. The Morgan fingerprint density at radius 1 is 1.09 bits per heavy atom. The van der Waals surface area contributed by atoms with Gasteiger partial charge in [-0.05, 0) is 67.0 Å². The molecule has 8 heteroatoms. The van der Waals surface area contributed by atoms with Gasteiger partial charge in [0, 0.05) is 12.2 Å². The molecule has 3 saturated heterocycles. The summed E-state index contributed by atoms with van der Waals surface area (Å²) in [7, 11) is 0. The summed E-state index contributed by atoms with van der Waals surface area (Å²) in [6, 6.07) is 21.5. The molecular weight excluding hydrogens is 592 g/mol. The van der Waals surface area contributed by atoms with Crippen molar-refractivity contribution in [3.8, 4) is 0 Å². The van der Waals surface area contributed by atoms with E-state index in [-0.39, 0.29) is 37.5 Å². The summed E-state index contributed by atoms with van der Waals surface area (Å²) >= 11 is 0. The van der Waals surface area contributed by atoms with Gasteiger partial charge in [-0.15, -0.1) is 13.2 Å². The SMILES string of the molecule is C=CCCCOC(=O)[C@@H]1[C@H]2C(=O)N([C@@H](CO)Cc3ccccc3)C(C(=O)N(CC=C)c3ccc4ccccc4c3)C23CC(C)[C@@]1(C)O3. The Hall–Kier alpha value is -4.27. The maximum absolute atomic E-state index is 15.2. The molecule has 246 valence electrons. The first-order chi connectivity index (χ1) is 22.7. The van der Waals surface area contributed by atoms with Crippen LogP contribution in [0.1, 0.15) is 38.7 Å². The van der Waals surface area contributed by atoms with Crippen LogP contribution >= 0.6 is 0 Å². The number of esters is 1. The molecule has 2 amide bonds.